The number of hydrogen-bond acceptors (Lipinski definition) is 3. The third-order valence-electron chi connectivity index (χ3n) is 2.23. The zero-order valence-corrected chi connectivity index (χ0v) is 8.40. The number of carbonyl (C=O) groups is 2. The van der Waals surface area contributed by atoms with E-state index in [-0.39, 0.29) is 18.9 Å². The number of Topliss-reactive ketones (excluding diaryl/α,β-unsaturated/α-hetero) is 1. The average Bonchev–Trinajstić information content (AvgIpc) is 2.22. The van der Waals surface area contributed by atoms with E-state index in [1.807, 2.05) is 24.3 Å². The van der Waals surface area contributed by atoms with E-state index >= 15 is 0 Å². The van der Waals surface area contributed by atoms with Crippen LogP contribution in [0.3, 0.4) is 0 Å². The van der Waals surface area contributed by atoms with Crippen LogP contribution in [0.15, 0.2) is 24.3 Å². The molecular weight excluding hydrogens is 194 g/mol. The molecule has 0 saturated carbocycles. The van der Waals surface area contributed by atoms with E-state index in [1.165, 1.54) is 11.8 Å². The third-order valence-corrected chi connectivity index (χ3v) is 2.23. The fourth-order valence-electron chi connectivity index (χ4n) is 1.58. The summed E-state index contributed by atoms with van der Waals surface area (Å²) in [6.07, 6.45) is -0.455. The van der Waals surface area contributed by atoms with E-state index < -0.39 is 6.09 Å². The molecule has 0 aromatic heterocycles. The van der Waals surface area contributed by atoms with E-state index in [0.29, 0.717) is 0 Å². The van der Waals surface area contributed by atoms with Crippen molar-refractivity contribution in [1.29, 1.82) is 0 Å². The number of cyclic esters (lactones) is 1. The summed E-state index contributed by atoms with van der Waals surface area (Å²) in [5.41, 5.74) is 1.70. The molecule has 1 heterocycles. The lowest BCUT2D eigenvalue weighted by atomic mass is 10.1. The normalized spacial score (nSPS) is 14.5. The Morgan fingerprint density at radius 3 is 2.93 bits per heavy atom. The van der Waals surface area contributed by atoms with Gasteiger partial charge >= 0.3 is 6.09 Å². The maximum Gasteiger partial charge on any atom is 0.415 e. The van der Waals surface area contributed by atoms with Crippen molar-refractivity contribution in [3.63, 3.8) is 0 Å². The van der Waals surface area contributed by atoms with E-state index in [2.05, 4.69) is 0 Å². The first-order valence-corrected chi connectivity index (χ1v) is 4.70. The van der Waals surface area contributed by atoms with Crippen LogP contribution in [0, 0.1) is 0 Å². The summed E-state index contributed by atoms with van der Waals surface area (Å²) in [5, 5.41) is 0. The molecule has 1 aliphatic rings. The van der Waals surface area contributed by atoms with Crippen LogP contribution >= 0.6 is 0 Å². The number of benzene rings is 1. The second kappa shape index (κ2) is 3.73. The maximum atomic E-state index is 11.4. The molecule has 0 radical (unpaired) electrons. The van der Waals surface area contributed by atoms with Crippen molar-refractivity contribution in [3.05, 3.63) is 29.8 Å². The van der Waals surface area contributed by atoms with Crippen molar-refractivity contribution in [3.8, 4) is 0 Å². The molecule has 0 spiro atoms. The number of fused-ring (bicyclic) bond motifs is 1. The van der Waals surface area contributed by atoms with Gasteiger partial charge in [-0.3, -0.25) is 9.69 Å². The summed E-state index contributed by atoms with van der Waals surface area (Å²) in [4.78, 5) is 23.8. The van der Waals surface area contributed by atoms with Crippen molar-refractivity contribution >= 4 is 17.6 Å². The Hall–Kier alpha value is -1.84. The summed E-state index contributed by atoms with van der Waals surface area (Å²) in [7, 11) is 0. The fraction of sp³-hybridized carbons (Fsp3) is 0.273. The van der Waals surface area contributed by atoms with Gasteiger partial charge in [0.25, 0.3) is 0 Å². The lowest BCUT2D eigenvalue weighted by molar-refractivity contribution is -0.115. The van der Waals surface area contributed by atoms with Crippen LogP contribution in [0.2, 0.25) is 0 Å². The van der Waals surface area contributed by atoms with E-state index in [4.69, 9.17) is 4.74 Å². The molecule has 78 valence electrons. The van der Waals surface area contributed by atoms with E-state index in [9.17, 15) is 9.59 Å². The van der Waals surface area contributed by atoms with Crippen molar-refractivity contribution in [2.24, 2.45) is 0 Å². The Kier molecular flexibility index (Phi) is 2.41. The van der Waals surface area contributed by atoms with Crippen molar-refractivity contribution in [1.82, 2.24) is 0 Å². The SMILES string of the molecule is CC(=O)CN1C(=O)OCc2ccccc21. The van der Waals surface area contributed by atoms with Gasteiger partial charge in [0.1, 0.15) is 12.4 Å². The van der Waals surface area contributed by atoms with Crippen LogP contribution in [-0.4, -0.2) is 18.4 Å². The molecule has 1 aliphatic heterocycles. The van der Waals surface area contributed by atoms with Gasteiger partial charge in [0, 0.05) is 5.56 Å². The number of nitrogens with zero attached hydrogens (tertiary/aromatic N) is 1. The molecule has 0 N–H and O–H groups in total. The van der Waals surface area contributed by atoms with Gasteiger partial charge in [0.2, 0.25) is 0 Å². The monoisotopic (exact) mass is 205 g/mol. The first-order chi connectivity index (χ1) is 7.18. The van der Waals surface area contributed by atoms with Gasteiger partial charge in [-0.1, -0.05) is 18.2 Å². The number of carbonyl (C=O) groups excluding carboxylic acids is 2. The molecule has 1 aromatic rings. The van der Waals surface area contributed by atoms with Gasteiger partial charge in [-0.25, -0.2) is 4.79 Å². The van der Waals surface area contributed by atoms with Crippen LogP contribution in [0.1, 0.15) is 12.5 Å². The van der Waals surface area contributed by atoms with Crippen molar-refractivity contribution < 1.29 is 14.3 Å². The molecule has 1 amide bonds. The van der Waals surface area contributed by atoms with Crippen LogP contribution in [0.4, 0.5) is 10.5 Å². The zero-order valence-electron chi connectivity index (χ0n) is 8.40. The number of ether oxygens (including phenoxy) is 1. The molecule has 0 saturated heterocycles. The quantitative estimate of drug-likeness (QED) is 0.738. The predicted molar refractivity (Wildman–Crippen MR) is 54.7 cm³/mol. The van der Waals surface area contributed by atoms with E-state index in [0.717, 1.165) is 11.3 Å². The van der Waals surface area contributed by atoms with Gasteiger partial charge < -0.3 is 4.74 Å². The molecule has 15 heavy (non-hydrogen) atoms. The Balaban J connectivity index is 2.37. The molecule has 4 nitrogen and oxygen atoms in total. The average molecular weight is 205 g/mol. The summed E-state index contributed by atoms with van der Waals surface area (Å²) in [6.45, 7) is 1.80. The summed E-state index contributed by atoms with van der Waals surface area (Å²) in [6, 6.07) is 7.42. The summed E-state index contributed by atoms with van der Waals surface area (Å²) in [5.74, 6) is -0.0661. The minimum atomic E-state index is -0.455. The highest BCUT2D eigenvalue weighted by molar-refractivity contribution is 5.96. The summed E-state index contributed by atoms with van der Waals surface area (Å²) >= 11 is 0. The van der Waals surface area contributed by atoms with Crippen LogP contribution < -0.4 is 4.90 Å². The second-order valence-electron chi connectivity index (χ2n) is 3.47. The predicted octanol–water partition coefficient (Wildman–Crippen LogP) is 1.73. The zero-order chi connectivity index (χ0) is 10.8. The van der Waals surface area contributed by atoms with Crippen LogP contribution in [-0.2, 0) is 16.1 Å². The molecule has 1 aromatic carbocycles. The Morgan fingerprint density at radius 1 is 1.47 bits per heavy atom. The summed E-state index contributed by atoms with van der Waals surface area (Å²) < 4.78 is 4.95. The molecule has 0 atom stereocenters. The number of hydrogen-bond donors (Lipinski definition) is 0. The first-order valence-electron chi connectivity index (χ1n) is 4.70. The topological polar surface area (TPSA) is 46.6 Å². The first kappa shape index (κ1) is 9.71. The number of amides is 1. The highest BCUT2D eigenvalue weighted by Crippen LogP contribution is 2.26. The molecule has 4 heteroatoms. The highest BCUT2D eigenvalue weighted by atomic mass is 16.6. The van der Waals surface area contributed by atoms with E-state index in [1.54, 1.807) is 0 Å². The number of rotatable bonds is 2. The van der Waals surface area contributed by atoms with Gasteiger partial charge in [-0.05, 0) is 13.0 Å². The fourth-order valence-corrected chi connectivity index (χ4v) is 1.58. The van der Waals surface area contributed by atoms with Crippen molar-refractivity contribution in [2.45, 2.75) is 13.5 Å². The minimum absolute atomic E-state index is 0.0653. The second-order valence-corrected chi connectivity index (χ2v) is 3.47. The maximum absolute atomic E-state index is 11.4. The third kappa shape index (κ3) is 1.83. The molecule has 2 rings (SSSR count). The molecule has 0 fully saturated rings. The van der Waals surface area contributed by atoms with Gasteiger partial charge in [0.05, 0.1) is 12.2 Å². The lowest BCUT2D eigenvalue weighted by Gasteiger charge is -2.27. The Morgan fingerprint density at radius 2 is 2.20 bits per heavy atom. The number of anilines is 1. The number of para-hydroxylation sites is 1. The Labute approximate surface area is 87.4 Å². The number of ketones is 1. The minimum Gasteiger partial charge on any atom is -0.444 e. The van der Waals surface area contributed by atoms with Crippen molar-refractivity contribution in [2.75, 3.05) is 11.4 Å². The van der Waals surface area contributed by atoms with Gasteiger partial charge in [-0.2, -0.15) is 0 Å². The largest absolute Gasteiger partial charge is 0.444 e. The Bertz CT molecular complexity index is 414. The molecule has 0 bridgehead atoms. The van der Waals surface area contributed by atoms with Crippen LogP contribution in [0.5, 0.6) is 0 Å². The smallest absolute Gasteiger partial charge is 0.415 e. The molecular formula is C11H11NO3. The van der Waals surface area contributed by atoms with Gasteiger partial charge in [-0.15, -0.1) is 0 Å². The van der Waals surface area contributed by atoms with Gasteiger partial charge in [0.15, 0.2) is 0 Å². The molecule has 0 aliphatic carbocycles. The lowest BCUT2D eigenvalue weighted by Crippen LogP contribution is -2.38. The molecule has 0 unspecified atom stereocenters. The van der Waals surface area contributed by atoms with Crippen LogP contribution in [0.25, 0.3) is 0 Å². The highest BCUT2D eigenvalue weighted by Gasteiger charge is 2.25. The standard InChI is InChI=1S/C11H11NO3/c1-8(13)6-12-10-5-3-2-4-9(10)7-15-11(12)14/h2-5H,6-7H2,1H3.